The number of carboxylic acid groups (broad SMARTS) is 3. The lowest BCUT2D eigenvalue weighted by molar-refractivity contribution is -0.133. The molecule has 0 aromatic carbocycles. The van der Waals surface area contributed by atoms with Gasteiger partial charge in [-0.1, -0.05) is 0 Å². The summed E-state index contributed by atoms with van der Waals surface area (Å²) in [5.41, 5.74) is -0.348. The number of rotatable bonds is 15. The first-order chi connectivity index (χ1) is 18.4. The topological polar surface area (TPSA) is 215 Å². The summed E-state index contributed by atoms with van der Waals surface area (Å²) in [6, 6.07) is 0. The largest absolute Gasteiger partial charge is 0.478 e. The van der Waals surface area contributed by atoms with E-state index in [2.05, 4.69) is 29.9 Å². The molecule has 0 unspecified atom stereocenters. The van der Waals surface area contributed by atoms with Crippen LogP contribution in [0.1, 0.15) is 38.2 Å². The van der Waals surface area contributed by atoms with Crippen molar-refractivity contribution in [1.82, 2.24) is 15.0 Å². The minimum atomic E-state index is -1.22. The number of carboxylic acids is 3. The number of nitrogens with zero attached hydrogens (tertiary/aromatic N) is 6. The number of carbonyl (C=O) groups is 3. The third kappa shape index (κ3) is 10.8. The van der Waals surface area contributed by atoms with Crippen LogP contribution in [0.5, 0.6) is 0 Å². The summed E-state index contributed by atoms with van der Waals surface area (Å²) in [7, 11) is 4.13. The predicted octanol–water partition coefficient (Wildman–Crippen LogP) is 1.14. The van der Waals surface area contributed by atoms with Gasteiger partial charge >= 0.3 is 17.9 Å². The number of aliphatic imine (C=N–C) groups is 3. The molecule has 0 atom stereocenters. The molecule has 0 aliphatic carbocycles. The van der Waals surface area contributed by atoms with Gasteiger partial charge in [0.05, 0.1) is 0 Å². The number of ether oxygens (including phenoxy) is 3. The van der Waals surface area contributed by atoms with Crippen LogP contribution >= 0.6 is 0 Å². The Morgan fingerprint density at radius 1 is 0.590 bits per heavy atom. The molecule has 0 saturated carbocycles. The van der Waals surface area contributed by atoms with Crippen molar-refractivity contribution in [3.8, 4) is 0 Å². The van der Waals surface area contributed by atoms with Gasteiger partial charge in [0.2, 0.25) is 0 Å². The van der Waals surface area contributed by atoms with Crippen molar-refractivity contribution in [3.05, 3.63) is 52.4 Å². The molecule has 0 aliphatic rings. The molecule has 0 bridgehead atoms. The molecule has 0 radical (unpaired) electrons. The van der Waals surface area contributed by atoms with E-state index in [1.165, 1.54) is 60.3 Å². The fraction of sp³-hybridized carbons (Fsp3) is 0.375. The van der Waals surface area contributed by atoms with Crippen LogP contribution in [0, 0.1) is 0 Å². The molecule has 0 amide bonds. The second-order valence-corrected chi connectivity index (χ2v) is 7.59. The molecule has 1 rings (SSSR count). The van der Waals surface area contributed by atoms with Crippen LogP contribution in [0.3, 0.4) is 0 Å². The Labute approximate surface area is 224 Å². The van der Waals surface area contributed by atoms with Crippen LogP contribution in [0.15, 0.2) is 49.9 Å². The average molecular weight is 547 g/mol. The molecular weight excluding hydrogens is 516 g/mol. The van der Waals surface area contributed by atoms with Gasteiger partial charge in [-0.2, -0.15) is 0 Å². The number of hydrogen-bond donors (Lipinski definition) is 3. The summed E-state index contributed by atoms with van der Waals surface area (Å²) < 4.78 is 15.0. The SMILES string of the molecule is COC/N=C(\C=C(/C)C(=O)O)c1nc(C(/C=C(\C)C(=O)O)=N/COC)nc(C(/C=C(\C)C(=O)O)=N/COC)n1. The maximum Gasteiger partial charge on any atom is 0.331 e. The molecule has 15 heteroatoms. The number of allylic oxidation sites excluding steroid dienone is 3. The number of aliphatic carboxylic acids is 3. The lowest BCUT2D eigenvalue weighted by atomic mass is 10.1. The van der Waals surface area contributed by atoms with Crippen LogP contribution in [0.4, 0.5) is 0 Å². The first kappa shape index (κ1) is 32.6. The highest BCUT2D eigenvalue weighted by atomic mass is 16.5. The third-order valence-corrected chi connectivity index (χ3v) is 4.49. The van der Waals surface area contributed by atoms with Gasteiger partial charge in [-0.25, -0.2) is 29.3 Å². The van der Waals surface area contributed by atoms with Gasteiger partial charge in [0.15, 0.2) is 17.5 Å². The van der Waals surface area contributed by atoms with Crippen LogP contribution in [0.25, 0.3) is 0 Å². The van der Waals surface area contributed by atoms with Crippen molar-refractivity contribution < 1.29 is 43.9 Å². The van der Waals surface area contributed by atoms with Crippen molar-refractivity contribution >= 4 is 35.0 Å². The molecule has 15 nitrogen and oxygen atoms in total. The monoisotopic (exact) mass is 546 g/mol. The van der Waals surface area contributed by atoms with E-state index in [0.29, 0.717) is 0 Å². The fourth-order valence-corrected chi connectivity index (χ4v) is 2.47. The lowest BCUT2D eigenvalue weighted by Gasteiger charge is -2.10. The minimum Gasteiger partial charge on any atom is -0.478 e. The van der Waals surface area contributed by atoms with E-state index < -0.39 is 17.9 Å². The molecule has 210 valence electrons. The van der Waals surface area contributed by atoms with E-state index in [1.54, 1.807) is 0 Å². The molecule has 1 heterocycles. The van der Waals surface area contributed by atoms with Gasteiger partial charge in [-0.3, -0.25) is 15.0 Å². The Balaban J connectivity index is 4.17. The summed E-state index contributed by atoms with van der Waals surface area (Å²) in [5.74, 6) is -4.11. The van der Waals surface area contributed by atoms with Gasteiger partial charge in [0, 0.05) is 38.0 Å². The second-order valence-electron chi connectivity index (χ2n) is 7.59. The van der Waals surface area contributed by atoms with E-state index in [4.69, 9.17) is 14.2 Å². The molecule has 1 aromatic rings. The molecule has 39 heavy (non-hydrogen) atoms. The molecule has 1 aromatic heterocycles. The Hall–Kier alpha value is -4.47. The smallest absolute Gasteiger partial charge is 0.331 e. The maximum atomic E-state index is 11.5. The van der Waals surface area contributed by atoms with E-state index in [1.807, 2.05) is 0 Å². The van der Waals surface area contributed by atoms with E-state index in [9.17, 15) is 29.7 Å². The molecule has 0 saturated heterocycles. The summed E-state index contributed by atoms with van der Waals surface area (Å²) in [6.07, 6.45) is 3.62. The maximum absolute atomic E-state index is 11.5. The van der Waals surface area contributed by atoms with Gasteiger partial charge < -0.3 is 29.5 Å². The standard InChI is InChI=1S/C24H30N6O9/c1-13(22(31)32)7-16(25-10-37-4)19-28-20(17(26-11-38-5)8-14(2)23(33)34)30-21(29-19)18(27-12-39-6)9-15(3)24(35)36/h7-9H,10-12H2,1-6H3,(H,31,32)(H,33,34)(H,35,36)/b13-7+,14-8+,15-9+,25-16+,26-17+,27-18+. The Morgan fingerprint density at radius 2 is 0.821 bits per heavy atom. The van der Waals surface area contributed by atoms with Crippen LogP contribution in [-0.4, -0.2) is 107 Å². The highest BCUT2D eigenvalue weighted by molar-refractivity contribution is 6.14. The fourth-order valence-electron chi connectivity index (χ4n) is 2.47. The van der Waals surface area contributed by atoms with Crippen molar-refractivity contribution in [3.63, 3.8) is 0 Å². The summed E-state index contributed by atoms with van der Waals surface area (Å²) >= 11 is 0. The average Bonchev–Trinajstić information content (AvgIpc) is 2.90. The predicted molar refractivity (Wildman–Crippen MR) is 139 cm³/mol. The van der Waals surface area contributed by atoms with Crippen molar-refractivity contribution in [2.75, 3.05) is 41.5 Å². The van der Waals surface area contributed by atoms with Gasteiger partial charge in [0.1, 0.15) is 37.3 Å². The summed E-state index contributed by atoms with van der Waals surface area (Å²) in [4.78, 5) is 60.1. The number of hydrogen-bond acceptors (Lipinski definition) is 12. The Kier molecular flexibility index (Phi) is 13.7. The molecular formula is C24H30N6O9. The second kappa shape index (κ2) is 16.4. The Bertz CT molecular complexity index is 1100. The third-order valence-electron chi connectivity index (χ3n) is 4.49. The zero-order chi connectivity index (χ0) is 29.5. The summed E-state index contributed by atoms with van der Waals surface area (Å²) in [6.45, 7) is 3.47. The van der Waals surface area contributed by atoms with Crippen LogP contribution in [-0.2, 0) is 28.6 Å². The van der Waals surface area contributed by atoms with Crippen molar-refractivity contribution in [2.24, 2.45) is 15.0 Å². The van der Waals surface area contributed by atoms with Crippen molar-refractivity contribution in [2.45, 2.75) is 20.8 Å². The zero-order valence-corrected chi connectivity index (χ0v) is 22.3. The van der Waals surface area contributed by atoms with E-state index in [-0.39, 0.29) is 71.5 Å². The van der Waals surface area contributed by atoms with Crippen LogP contribution < -0.4 is 0 Å². The summed E-state index contributed by atoms with van der Waals surface area (Å²) in [5, 5.41) is 28.2. The highest BCUT2D eigenvalue weighted by Crippen LogP contribution is 2.10. The molecule has 0 spiro atoms. The number of aromatic nitrogens is 3. The molecule has 0 fully saturated rings. The first-order valence-electron chi connectivity index (χ1n) is 11.1. The highest BCUT2D eigenvalue weighted by Gasteiger charge is 2.19. The zero-order valence-electron chi connectivity index (χ0n) is 22.3. The van der Waals surface area contributed by atoms with E-state index >= 15 is 0 Å². The van der Waals surface area contributed by atoms with Gasteiger partial charge in [0.25, 0.3) is 0 Å². The quantitative estimate of drug-likeness (QED) is 0.208. The first-order valence-corrected chi connectivity index (χ1v) is 11.1. The van der Waals surface area contributed by atoms with E-state index in [0.717, 1.165) is 0 Å². The molecule has 3 N–H and O–H groups in total. The lowest BCUT2D eigenvalue weighted by Crippen LogP contribution is -2.20. The minimum absolute atomic E-state index is 0.0169. The van der Waals surface area contributed by atoms with Gasteiger partial charge in [-0.05, 0) is 39.0 Å². The Morgan fingerprint density at radius 3 is 1.00 bits per heavy atom. The normalized spacial score (nSPS) is 14.0. The van der Waals surface area contributed by atoms with Crippen LogP contribution in [0.2, 0.25) is 0 Å². The van der Waals surface area contributed by atoms with Gasteiger partial charge in [-0.15, -0.1) is 0 Å². The molecule has 0 aliphatic heterocycles. The number of methoxy groups -OCH3 is 3. The van der Waals surface area contributed by atoms with Crippen molar-refractivity contribution in [1.29, 1.82) is 0 Å².